The van der Waals surface area contributed by atoms with Crippen LogP contribution in [0, 0.1) is 0 Å². The van der Waals surface area contributed by atoms with Gasteiger partial charge in [0.05, 0.1) is 17.9 Å². The summed E-state index contributed by atoms with van der Waals surface area (Å²) in [4.78, 5) is 9.14. The van der Waals surface area contributed by atoms with E-state index in [9.17, 15) is 0 Å². The van der Waals surface area contributed by atoms with E-state index in [4.69, 9.17) is 15.9 Å². The molecule has 0 aliphatic heterocycles. The van der Waals surface area contributed by atoms with Gasteiger partial charge < -0.3 is 25.8 Å². The van der Waals surface area contributed by atoms with Gasteiger partial charge in [0, 0.05) is 13.1 Å². The van der Waals surface area contributed by atoms with Crippen LogP contribution in [-0.4, -0.2) is 46.5 Å². The van der Waals surface area contributed by atoms with Crippen molar-refractivity contribution in [2.24, 2.45) is 0 Å². The Bertz CT molecular complexity index is 429. The number of aliphatic hydroxyl groups is 2. The number of aliphatic hydroxyl groups excluding tert-OH is 2. The normalized spacial score (nSPS) is 11.1. The number of aromatic nitrogens is 2. The highest BCUT2D eigenvalue weighted by Gasteiger charge is 2.12. The second kappa shape index (κ2) is 4.69. The Morgan fingerprint density at radius 3 is 2.62 bits per heavy atom. The molecule has 2 aromatic heterocycles. The number of hydrogen-bond acceptors (Lipinski definition) is 6. The molecule has 0 saturated heterocycles. The van der Waals surface area contributed by atoms with Gasteiger partial charge in [-0.15, -0.1) is 0 Å². The maximum Gasteiger partial charge on any atom is 0.188 e. The van der Waals surface area contributed by atoms with Gasteiger partial charge in [-0.05, 0) is 6.07 Å². The molecule has 88 valence electrons. The first kappa shape index (κ1) is 11.2. The summed E-state index contributed by atoms with van der Waals surface area (Å²) in [5.74, 6) is 0.594. The number of hydrogen-bond donors (Lipinski definition) is 4. The van der Waals surface area contributed by atoms with Crippen LogP contribution in [0.4, 0.5) is 10.9 Å². The van der Waals surface area contributed by atoms with E-state index in [1.165, 1.54) is 11.3 Å². The quantitative estimate of drug-likeness (QED) is 0.591. The van der Waals surface area contributed by atoms with Crippen LogP contribution < -0.4 is 10.6 Å². The molecule has 16 heavy (non-hydrogen) atoms. The average Bonchev–Trinajstić information content (AvgIpc) is 2.74. The summed E-state index contributed by atoms with van der Waals surface area (Å²) in [6.45, 7) is 1.00. The zero-order valence-electron chi connectivity index (χ0n) is 8.68. The van der Waals surface area contributed by atoms with Gasteiger partial charge in [-0.25, -0.2) is 4.98 Å². The summed E-state index contributed by atoms with van der Waals surface area (Å²) in [7, 11) is 0. The van der Waals surface area contributed by atoms with E-state index in [1.54, 1.807) is 0 Å². The van der Waals surface area contributed by atoms with Gasteiger partial charge in [-0.1, -0.05) is 11.3 Å². The van der Waals surface area contributed by atoms with Crippen LogP contribution in [0.25, 0.3) is 10.3 Å². The van der Waals surface area contributed by atoms with Crippen molar-refractivity contribution in [3.63, 3.8) is 0 Å². The molecule has 0 saturated carbocycles. The molecule has 0 spiro atoms. The highest BCUT2D eigenvalue weighted by molar-refractivity contribution is 7.22. The average molecular weight is 242 g/mol. The molecule has 0 atom stereocenters. The lowest BCUT2D eigenvalue weighted by Gasteiger charge is -2.18. The molecule has 7 heteroatoms. The van der Waals surface area contributed by atoms with Crippen LogP contribution in [0.15, 0.2) is 6.07 Å². The number of anilines is 2. The first-order valence-corrected chi connectivity index (χ1v) is 5.78. The summed E-state index contributed by atoms with van der Waals surface area (Å²) in [6.07, 6.45) is 0. The molecule has 2 aromatic rings. The van der Waals surface area contributed by atoms with Gasteiger partial charge in [0.1, 0.15) is 5.82 Å². The number of nitrogens with zero attached hydrogens (tertiary/aromatic N) is 2. The first-order valence-electron chi connectivity index (χ1n) is 4.96. The molecule has 2 rings (SSSR count). The topological polar surface area (TPSA) is 98.4 Å². The minimum Gasteiger partial charge on any atom is -0.395 e. The largest absolute Gasteiger partial charge is 0.395 e. The molecule has 0 amide bonds. The van der Waals surface area contributed by atoms with E-state index in [2.05, 4.69) is 9.97 Å². The molecule has 6 nitrogen and oxygen atoms in total. The van der Waals surface area contributed by atoms with Crippen molar-refractivity contribution >= 4 is 32.6 Å². The lowest BCUT2D eigenvalue weighted by Crippen LogP contribution is -2.29. The monoisotopic (exact) mass is 242 g/mol. The molecule has 5 N–H and O–H groups in total. The molecular weight excluding hydrogens is 228 g/mol. The number of nitrogens with two attached hydrogens (primary N) is 1. The molecule has 0 fully saturated rings. The van der Waals surface area contributed by atoms with E-state index in [0.29, 0.717) is 18.9 Å². The molecule has 0 bridgehead atoms. The highest BCUT2D eigenvalue weighted by atomic mass is 32.1. The Labute approximate surface area is 96.3 Å². The van der Waals surface area contributed by atoms with Gasteiger partial charge >= 0.3 is 0 Å². The van der Waals surface area contributed by atoms with Gasteiger partial charge in [0.25, 0.3) is 0 Å². The number of H-pyrrole nitrogens is 1. The van der Waals surface area contributed by atoms with Crippen molar-refractivity contribution in [1.82, 2.24) is 9.97 Å². The molecule has 0 aliphatic carbocycles. The number of aromatic amines is 1. The lowest BCUT2D eigenvalue weighted by molar-refractivity contribution is 0.281. The van der Waals surface area contributed by atoms with Crippen LogP contribution >= 0.6 is 11.3 Å². The number of nitrogen functional groups attached to an aromatic ring is 1. The first-order chi connectivity index (χ1) is 7.74. The molecule has 0 aliphatic rings. The Morgan fingerprint density at radius 2 is 2.06 bits per heavy atom. The molecule has 0 radical (unpaired) electrons. The maximum absolute atomic E-state index is 8.92. The van der Waals surface area contributed by atoms with Crippen molar-refractivity contribution in [2.75, 3.05) is 36.9 Å². The van der Waals surface area contributed by atoms with E-state index >= 15 is 0 Å². The van der Waals surface area contributed by atoms with E-state index < -0.39 is 0 Å². The molecule has 2 heterocycles. The van der Waals surface area contributed by atoms with Crippen molar-refractivity contribution < 1.29 is 10.2 Å². The molecule has 0 aromatic carbocycles. The smallest absolute Gasteiger partial charge is 0.188 e. The number of rotatable bonds is 5. The zero-order valence-corrected chi connectivity index (χ0v) is 9.50. The minimum atomic E-state index is 0.0374. The Kier molecular flexibility index (Phi) is 3.28. The van der Waals surface area contributed by atoms with Crippen LogP contribution in [-0.2, 0) is 0 Å². The van der Waals surface area contributed by atoms with Crippen LogP contribution in [0.1, 0.15) is 0 Å². The van der Waals surface area contributed by atoms with Crippen molar-refractivity contribution in [3.05, 3.63) is 6.07 Å². The van der Waals surface area contributed by atoms with Crippen LogP contribution in [0.2, 0.25) is 0 Å². The standard InChI is InChI=1S/C9H14N4O2S/c10-7-5-6-8(11-7)12-9(16-6)13(1-3-14)2-4-15/h5,11,14-15H,1-4,10H2. The van der Waals surface area contributed by atoms with Gasteiger partial charge in [0.2, 0.25) is 0 Å². The second-order valence-electron chi connectivity index (χ2n) is 3.37. The summed E-state index contributed by atoms with van der Waals surface area (Å²) < 4.78 is 0.980. The third-order valence-electron chi connectivity index (χ3n) is 2.20. The third-order valence-corrected chi connectivity index (χ3v) is 3.26. The molecular formula is C9H14N4O2S. The fourth-order valence-electron chi connectivity index (χ4n) is 1.50. The number of fused-ring (bicyclic) bond motifs is 1. The number of nitrogens with one attached hydrogen (secondary N) is 1. The van der Waals surface area contributed by atoms with Crippen molar-refractivity contribution in [2.45, 2.75) is 0 Å². The Morgan fingerprint density at radius 1 is 1.38 bits per heavy atom. The Hall–Kier alpha value is -1.31. The van der Waals surface area contributed by atoms with Crippen molar-refractivity contribution in [3.8, 4) is 0 Å². The fourth-order valence-corrected chi connectivity index (χ4v) is 2.53. The number of thiazole rings is 1. The predicted molar refractivity (Wildman–Crippen MR) is 64.8 cm³/mol. The summed E-state index contributed by atoms with van der Waals surface area (Å²) in [5.41, 5.74) is 6.34. The molecule has 0 unspecified atom stereocenters. The predicted octanol–water partition coefficient (Wildman–Crippen LogP) is -0.00240. The van der Waals surface area contributed by atoms with Gasteiger partial charge in [-0.2, -0.15) is 0 Å². The van der Waals surface area contributed by atoms with E-state index in [1.807, 2.05) is 11.0 Å². The highest BCUT2D eigenvalue weighted by Crippen LogP contribution is 2.29. The maximum atomic E-state index is 8.92. The SMILES string of the molecule is Nc1cc2sc(N(CCO)CCO)nc2[nH]1. The summed E-state index contributed by atoms with van der Waals surface area (Å²) >= 11 is 1.49. The summed E-state index contributed by atoms with van der Waals surface area (Å²) in [6, 6.07) is 1.83. The van der Waals surface area contributed by atoms with E-state index in [0.717, 1.165) is 15.5 Å². The second-order valence-corrected chi connectivity index (χ2v) is 4.38. The van der Waals surface area contributed by atoms with Gasteiger partial charge in [0.15, 0.2) is 10.8 Å². The van der Waals surface area contributed by atoms with Gasteiger partial charge in [-0.3, -0.25) is 0 Å². The van der Waals surface area contributed by atoms with Crippen LogP contribution in [0.5, 0.6) is 0 Å². The minimum absolute atomic E-state index is 0.0374. The summed E-state index contributed by atoms with van der Waals surface area (Å²) in [5, 5.41) is 18.6. The lowest BCUT2D eigenvalue weighted by atomic mass is 10.5. The Balaban J connectivity index is 2.25. The van der Waals surface area contributed by atoms with E-state index in [-0.39, 0.29) is 13.2 Å². The fraction of sp³-hybridized carbons (Fsp3) is 0.444. The van der Waals surface area contributed by atoms with Crippen LogP contribution in [0.3, 0.4) is 0 Å². The van der Waals surface area contributed by atoms with Crippen molar-refractivity contribution in [1.29, 1.82) is 0 Å². The third kappa shape index (κ3) is 2.11. The zero-order chi connectivity index (χ0) is 11.5.